The first kappa shape index (κ1) is 74.3. The zero-order chi connectivity index (χ0) is 81.8. The van der Waals surface area contributed by atoms with Crippen LogP contribution >= 0.6 is 22.7 Å². The second-order valence-corrected chi connectivity index (χ2v) is 38.6. The molecule has 0 aliphatic carbocycles. The number of aromatic nitrogens is 4. The van der Waals surface area contributed by atoms with Gasteiger partial charge in [0.15, 0.2) is 0 Å². The van der Waals surface area contributed by atoms with Crippen molar-refractivity contribution in [3.8, 4) is 22.7 Å². The molecule has 0 atom stereocenters. The largest absolute Gasteiger partial charge is 0.456 e. The predicted octanol–water partition coefficient (Wildman–Crippen LogP) is 32.9. The molecule has 0 saturated carbocycles. The monoisotopic (exact) mass is 1590 g/mol. The molecule has 8 heterocycles. The third-order valence-corrected chi connectivity index (χ3v) is 26.8. The van der Waals surface area contributed by atoms with Gasteiger partial charge in [-0.25, -0.2) is 0 Å². The molecule has 584 valence electrons. The summed E-state index contributed by atoms with van der Waals surface area (Å²) in [4.78, 5) is 0. The lowest BCUT2D eigenvalue weighted by atomic mass is 9.86. The van der Waals surface area contributed by atoms with Gasteiger partial charge in [-0.05, 0) is 178 Å². The Balaban J connectivity index is 0.0000000990. The van der Waals surface area contributed by atoms with Gasteiger partial charge in [-0.3, -0.25) is 0 Å². The highest BCUT2D eigenvalue weighted by Crippen LogP contribution is 2.47. The number of hydrogen-bond donors (Lipinski definition) is 0. The highest BCUT2D eigenvalue weighted by atomic mass is 32.1. The average Bonchev–Trinajstić information content (AvgIpc) is 1.58. The van der Waals surface area contributed by atoms with Gasteiger partial charge >= 0.3 is 0 Å². The summed E-state index contributed by atoms with van der Waals surface area (Å²) in [5, 5.41) is 20.5. The lowest BCUT2D eigenvalue weighted by molar-refractivity contribution is 0.573. The van der Waals surface area contributed by atoms with Crippen molar-refractivity contribution in [3.63, 3.8) is 0 Å². The molecule has 0 unspecified atom stereocenters. The summed E-state index contributed by atoms with van der Waals surface area (Å²) in [6, 6.07) is 123. The number of nitrogens with zero attached hydrogens (tertiary/aromatic N) is 4. The van der Waals surface area contributed by atoms with Crippen LogP contribution in [-0.4, -0.2) is 18.3 Å². The van der Waals surface area contributed by atoms with Crippen LogP contribution in [0.4, 0.5) is 0 Å². The van der Waals surface area contributed by atoms with Gasteiger partial charge in [0.05, 0.1) is 44.1 Å². The number of furan rings is 2. The first-order chi connectivity index (χ1) is 58.0. The van der Waals surface area contributed by atoms with E-state index in [9.17, 15) is 0 Å². The molecule has 8 aromatic heterocycles. The lowest BCUT2D eigenvalue weighted by Gasteiger charge is -2.19. The molecular formula is C112H92N4O2S2. The van der Waals surface area contributed by atoms with E-state index in [4.69, 9.17) is 8.83 Å². The number of rotatable bonds is 4. The highest BCUT2D eigenvalue weighted by molar-refractivity contribution is 7.26. The Kier molecular flexibility index (Phi) is 17.5. The second-order valence-electron chi connectivity index (χ2n) is 36.4. The maximum absolute atomic E-state index is 6.49. The Morgan fingerprint density at radius 3 is 1.03 bits per heavy atom. The van der Waals surface area contributed by atoms with Gasteiger partial charge < -0.3 is 27.1 Å². The Morgan fingerprint density at radius 2 is 0.533 bits per heavy atom. The van der Waals surface area contributed by atoms with Crippen LogP contribution in [0, 0.1) is 0 Å². The maximum Gasteiger partial charge on any atom is 0.139 e. The molecule has 0 saturated heterocycles. The summed E-state index contributed by atoms with van der Waals surface area (Å²) in [5.41, 5.74) is 24.2. The zero-order valence-corrected chi connectivity index (χ0v) is 71.4. The minimum absolute atomic E-state index is 0.0266. The van der Waals surface area contributed by atoms with Crippen LogP contribution in [0.1, 0.15) is 105 Å². The van der Waals surface area contributed by atoms with E-state index in [1.807, 2.05) is 34.8 Å². The average molecular weight is 1590 g/mol. The number of benzene rings is 16. The molecule has 0 N–H and O–H groups in total. The van der Waals surface area contributed by atoms with Gasteiger partial charge in [-0.2, -0.15) is 0 Å². The van der Waals surface area contributed by atoms with Crippen molar-refractivity contribution in [1.82, 2.24) is 18.3 Å². The summed E-state index contributed by atoms with van der Waals surface area (Å²) in [6.45, 7) is 27.2. The summed E-state index contributed by atoms with van der Waals surface area (Å²) >= 11 is 3.78. The third kappa shape index (κ3) is 12.6. The minimum Gasteiger partial charge on any atom is -0.456 e. The molecule has 0 aliphatic rings. The molecule has 0 aliphatic heterocycles. The molecule has 0 spiro atoms. The normalized spacial score (nSPS) is 12.5. The van der Waals surface area contributed by atoms with Crippen molar-refractivity contribution in [1.29, 1.82) is 0 Å². The molecule has 24 aromatic rings. The first-order valence-corrected chi connectivity index (χ1v) is 43.5. The van der Waals surface area contributed by atoms with E-state index in [0.29, 0.717) is 0 Å². The van der Waals surface area contributed by atoms with Crippen LogP contribution in [0.5, 0.6) is 0 Å². The smallest absolute Gasteiger partial charge is 0.139 e. The molecule has 16 aromatic carbocycles. The molecule has 0 bridgehead atoms. The van der Waals surface area contributed by atoms with Crippen molar-refractivity contribution in [3.05, 3.63) is 362 Å². The van der Waals surface area contributed by atoms with E-state index in [2.05, 4.69) is 429 Å². The molecule has 8 heteroatoms. The van der Waals surface area contributed by atoms with E-state index in [1.54, 1.807) is 0 Å². The Bertz CT molecular complexity index is 8110. The Labute approximate surface area is 705 Å². The molecule has 24 rings (SSSR count). The summed E-state index contributed by atoms with van der Waals surface area (Å²) in [7, 11) is 0. The SMILES string of the molecule is CC(C)(C)c1ccc(-n2c3ccccc3c3cc4c(cc32)oc2ccccc24)cc1.CC(C)(C)c1ccc2c(c1)c1cc3c(cc1n2-c1ccccc1)sc1ccccc13.CC(C)(C)c1ccc2sc3cc4c(cc3c2c1)c1ccccc1n4-c1ccccc1.CC(C)(C)c1cccc2c1oc1cc3c(cc12)c1ccccc1n3-c1ccccc1. The summed E-state index contributed by atoms with van der Waals surface area (Å²) < 4.78 is 27.6. The van der Waals surface area contributed by atoms with Crippen molar-refractivity contribution in [2.45, 2.75) is 105 Å². The maximum atomic E-state index is 6.49. The molecule has 0 radical (unpaired) electrons. The Morgan fingerprint density at radius 1 is 0.192 bits per heavy atom. The van der Waals surface area contributed by atoms with Crippen molar-refractivity contribution in [2.24, 2.45) is 0 Å². The fourth-order valence-electron chi connectivity index (χ4n) is 18.4. The number of para-hydroxylation sites is 8. The zero-order valence-electron chi connectivity index (χ0n) is 69.8. The van der Waals surface area contributed by atoms with E-state index in [1.165, 1.54) is 188 Å². The molecule has 120 heavy (non-hydrogen) atoms. The van der Waals surface area contributed by atoms with E-state index >= 15 is 0 Å². The highest BCUT2D eigenvalue weighted by Gasteiger charge is 2.26. The quantitative estimate of drug-likeness (QED) is 0.176. The first-order valence-electron chi connectivity index (χ1n) is 41.8. The van der Waals surface area contributed by atoms with Crippen LogP contribution in [0.3, 0.4) is 0 Å². The van der Waals surface area contributed by atoms with E-state index < -0.39 is 0 Å². The Hall–Kier alpha value is -13.2. The minimum atomic E-state index is 0.0266. The van der Waals surface area contributed by atoms with Gasteiger partial charge in [0.2, 0.25) is 0 Å². The van der Waals surface area contributed by atoms with E-state index in [-0.39, 0.29) is 21.7 Å². The van der Waals surface area contributed by atoms with Crippen molar-refractivity contribution >= 4 is 194 Å². The number of hydrogen-bond acceptors (Lipinski definition) is 4. The lowest BCUT2D eigenvalue weighted by Crippen LogP contribution is -2.10. The van der Waals surface area contributed by atoms with E-state index in [0.717, 1.165) is 28.0 Å². The fraction of sp³-hybridized carbons (Fsp3) is 0.143. The number of fused-ring (bicyclic) bond motifs is 24. The van der Waals surface area contributed by atoms with Gasteiger partial charge in [0.25, 0.3) is 0 Å². The predicted molar refractivity (Wildman–Crippen MR) is 518 cm³/mol. The van der Waals surface area contributed by atoms with Gasteiger partial charge in [-0.15, -0.1) is 22.7 Å². The second kappa shape index (κ2) is 28.2. The van der Waals surface area contributed by atoms with Crippen LogP contribution in [0.25, 0.3) is 194 Å². The third-order valence-electron chi connectivity index (χ3n) is 24.6. The molecule has 6 nitrogen and oxygen atoms in total. The van der Waals surface area contributed by atoms with Crippen molar-refractivity contribution < 1.29 is 8.83 Å². The van der Waals surface area contributed by atoms with Crippen LogP contribution < -0.4 is 0 Å². The number of thiophene rings is 2. The molecule has 0 amide bonds. The van der Waals surface area contributed by atoms with Crippen molar-refractivity contribution in [2.75, 3.05) is 0 Å². The van der Waals surface area contributed by atoms with Gasteiger partial charge in [-0.1, -0.05) is 271 Å². The summed E-state index contributed by atoms with van der Waals surface area (Å²) in [6.07, 6.45) is 0. The van der Waals surface area contributed by atoms with Crippen LogP contribution in [-0.2, 0) is 21.7 Å². The molecular weight excluding hydrogens is 1500 g/mol. The fourth-order valence-corrected chi connectivity index (χ4v) is 20.6. The van der Waals surface area contributed by atoms with Gasteiger partial charge in [0, 0.05) is 145 Å². The van der Waals surface area contributed by atoms with Crippen LogP contribution in [0.2, 0.25) is 0 Å². The summed E-state index contributed by atoms with van der Waals surface area (Å²) in [5.74, 6) is 0. The topological polar surface area (TPSA) is 46.0 Å². The standard InChI is InChI=1S/2C28H23NO.2C28H23NS/c1-28(2,3)18-12-14-19(15-13-18)29-24-10-6-4-8-20(24)22-16-23-21-9-5-7-11-26(21)30-27(23)17-25(22)29;1-28(2,3)23-14-9-13-20-22-16-21-19-12-7-8-15-24(19)29(18-10-5-4-6-11-18)25(21)17-26(22)30-27(20)23;1-28(2,3)18-13-14-26-22(15-18)23-16-21-20-11-7-8-12-24(20)29(19-9-5-4-6-10-19)25(21)17-27(23)30-26;1-28(2,3)18-13-14-24-21(15-18)22-16-23-20-11-7-8-12-26(20)30-27(23)17-25(22)29(24)19-9-5-4-6-10-19/h4*4-17H,1-3H3. The van der Waals surface area contributed by atoms with Gasteiger partial charge in [0.1, 0.15) is 22.3 Å². The molecule has 0 fully saturated rings. The van der Waals surface area contributed by atoms with Crippen LogP contribution in [0.15, 0.2) is 349 Å².